The largest absolute Gasteiger partial charge is 0.494 e. The number of nitrogens with one attached hydrogen (secondary N) is 1. The van der Waals surface area contributed by atoms with Crippen LogP contribution in [0.5, 0.6) is 5.75 Å². The fraction of sp³-hybridized carbons (Fsp3) is 0.231. The normalized spacial score (nSPS) is 12.4. The topological polar surface area (TPSA) is 21.3 Å². The molecule has 0 aliphatic heterocycles. The monoisotopic (exact) mass is 377 g/mol. The molecule has 0 aliphatic carbocycles. The van der Waals surface area contributed by atoms with Crippen LogP contribution in [0.25, 0.3) is 0 Å². The molecule has 0 saturated heterocycles. The number of ether oxygens (including phenoxy) is 1. The van der Waals surface area contributed by atoms with E-state index in [4.69, 9.17) is 4.74 Å². The molecule has 0 spiro atoms. The molecule has 0 aliphatic rings. The molecule has 2 aromatic rings. The summed E-state index contributed by atoms with van der Waals surface area (Å²) in [6, 6.07) is 7.17. The third kappa shape index (κ3) is 2.84. The average Bonchev–Trinajstić information content (AvgIpc) is 2.77. The second kappa shape index (κ2) is 5.99. The molecule has 5 heteroatoms. The van der Waals surface area contributed by atoms with Crippen molar-refractivity contribution in [2.45, 2.75) is 6.04 Å². The lowest BCUT2D eigenvalue weighted by atomic mass is 10.0. The summed E-state index contributed by atoms with van der Waals surface area (Å²) in [6.07, 6.45) is 0. The predicted molar refractivity (Wildman–Crippen MR) is 80.9 cm³/mol. The van der Waals surface area contributed by atoms with Crippen molar-refractivity contribution in [2.75, 3.05) is 14.2 Å². The van der Waals surface area contributed by atoms with E-state index in [0.717, 1.165) is 11.1 Å². The first-order valence-electron chi connectivity index (χ1n) is 5.40. The molecule has 1 aromatic carbocycles. The highest BCUT2D eigenvalue weighted by atomic mass is 127. The van der Waals surface area contributed by atoms with Gasteiger partial charge >= 0.3 is 0 Å². The van der Waals surface area contributed by atoms with E-state index >= 15 is 0 Å². The van der Waals surface area contributed by atoms with Crippen LogP contribution in [-0.4, -0.2) is 14.2 Å². The van der Waals surface area contributed by atoms with Gasteiger partial charge in [-0.15, -0.1) is 11.3 Å². The molecule has 1 aromatic heterocycles. The van der Waals surface area contributed by atoms with Gasteiger partial charge in [0.1, 0.15) is 0 Å². The summed E-state index contributed by atoms with van der Waals surface area (Å²) in [5.74, 6) is -0.0614. The quantitative estimate of drug-likeness (QED) is 0.819. The maximum Gasteiger partial charge on any atom is 0.165 e. The van der Waals surface area contributed by atoms with Gasteiger partial charge in [-0.2, -0.15) is 0 Å². The number of hydrogen-bond acceptors (Lipinski definition) is 3. The molecule has 1 atom stereocenters. The van der Waals surface area contributed by atoms with E-state index in [1.54, 1.807) is 17.4 Å². The third-order valence-corrected chi connectivity index (χ3v) is 4.53. The summed E-state index contributed by atoms with van der Waals surface area (Å²) in [5, 5.41) is 5.30. The summed E-state index contributed by atoms with van der Waals surface area (Å²) in [5.41, 5.74) is 2.04. The number of hydrogen-bond donors (Lipinski definition) is 1. The maximum absolute atomic E-state index is 13.7. The van der Waals surface area contributed by atoms with Crippen LogP contribution in [-0.2, 0) is 0 Å². The Kier molecular flexibility index (Phi) is 4.58. The third-order valence-electron chi connectivity index (χ3n) is 2.72. The minimum absolute atomic E-state index is 0.00479. The van der Waals surface area contributed by atoms with Gasteiger partial charge in [-0.25, -0.2) is 4.39 Å². The molecule has 96 valence electrons. The van der Waals surface area contributed by atoms with Crippen molar-refractivity contribution in [3.05, 3.63) is 49.5 Å². The van der Waals surface area contributed by atoms with Crippen molar-refractivity contribution >= 4 is 33.9 Å². The van der Waals surface area contributed by atoms with Gasteiger partial charge in [0.05, 0.1) is 16.0 Å². The highest BCUT2D eigenvalue weighted by Crippen LogP contribution is 2.29. The van der Waals surface area contributed by atoms with Crippen LogP contribution < -0.4 is 10.1 Å². The maximum atomic E-state index is 13.7. The predicted octanol–water partition coefficient (Wildman–Crippen LogP) is 3.81. The number of rotatable bonds is 4. The highest BCUT2D eigenvalue weighted by molar-refractivity contribution is 14.1. The average molecular weight is 377 g/mol. The molecule has 0 radical (unpaired) electrons. The van der Waals surface area contributed by atoms with E-state index in [1.807, 2.05) is 13.1 Å². The van der Waals surface area contributed by atoms with Gasteiger partial charge in [0.25, 0.3) is 0 Å². The Labute approximate surface area is 123 Å². The standard InChI is InChI=1S/C13H13FINOS/c1-16-13(9-6-12(15)18-7-9)8-3-4-11(17-2)10(14)5-8/h3-7,13,16H,1-2H3. The molecular weight excluding hydrogens is 364 g/mol. The molecule has 0 amide bonds. The minimum atomic E-state index is -0.333. The molecule has 2 rings (SSSR count). The second-order valence-electron chi connectivity index (χ2n) is 3.80. The summed E-state index contributed by atoms with van der Waals surface area (Å²) >= 11 is 3.97. The summed E-state index contributed by atoms with van der Waals surface area (Å²) in [4.78, 5) is 0. The van der Waals surface area contributed by atoms with Gasteiger partial charge in [0.15, 0.2) is 11.6 Å². The zero-order valence-electron chi connectivity index (χ0n) is 10.0. The van der Waals surface area contributed by atoms with Crippen LogP contribution in [0.1, 0.15) is 17.2 Å². The first-order chi connectivity index (χ1) is 8.65. The Hall–Kier alpha value is -0.660. The lowest BCUT2D eigenvalue weighted by Crippen LogP contribution is -2.17. The van der Waals surface area contributed by atoms with E-state index < -0.39 is 0 Å². The van der Waals surface area contributed by atoms with Crippen molar-refractivity contribution in [3.8, 4) is 5.75 Å². The highest BCUT2D eigenvalue weighted by Gasteiger charge is 2.15. The Morgan fingerprint density at radius 1 is 1.33 bits per heavy atom. The zero-order chi connectivity index (χ0) is 13.1. The van der Waals surface area contributed by atoms with Gasteiger partial charge in [0, 0.05) is 0 Å². The van der Waals surface area contributed by atoms with Crippen LogP contribution in [0.2, 0.25) is 0 Å². The molecule has 0 bridgehead atoms. The lowest BCUT2D eigenvalue weighted by Gasteiger charge is -2.16. The van der Waals surface area contributed by atoms with Gasteiger partial charge in [0.2, 0.25) is 0 Å². The van der Waals surface area contributed by atoms with Crippen molar-refractivity contribution in [3.63, 3.8) is 0 Å². The van der Waals surface area contributed by atoms with Crippen molar-refractivity contribution in [1.82, 2.24) is 5.32 Å². The summed E-state index contributed by atoms with van der Waals surface area (Å²) in [6.45, 7) is 0. The van der Waals surface area contributed by atoms with Crippen LogP contribution in [0.15, 0.2) is 29.6 Å². The Morgan fingerprint density at radius 2 is 2.11 bits per heavy atom. The van der Waals surface area contributed by atoms with E-state index in [-0.39, 0.29) is 17.6 Å². The zero-order valence-corrected chi connectivity index (χ0v) is 13.0. The molecule has 1 unspecified atom stereocenters. The van der Waals surface area contributed by atoms with Gasteiger partial charge in [-0.3, -0.25) is 0 Å². The first-order valence-corrected chi connectivity index (χ1v) is 7.36. The molecule has 0 saturated carbocycles. The van der Waals surface area contributed by atoms with E-state index in [9.17, 15) is 4.39 Å². The van der Waals surface area contributed by atoms with Crippen molar-refractivity contribution in [2.24, 2.45) is 0 Å². The number of methoxy groups -OCH3 is 1. The number of benzene rings is 1. The fourth-order valence-electron chi connectivity index (χ4n) is 1.86. The molecular formula is C13H13FINOS. The van der Waals surface area contributed by atoms with Crippen LogP contribution in [0, 0.1) is 8.70 Å². The molecule has 18 heavy (non-hydrogen) atoms. The summed E-state index contributed by atoms with van der Waals surface area (Å²) in [7, 11) is 3.34. The Balaban J connectivity index is 2.36. The Bertz CT molecular complexity index is 544. The van der Waals surface area contributed by atoms with Gasteiger partial charge in [-0.05, 0) is 64.3 Å². The molecule has 2 nitrogen and oxygen atoms in total. The van der Waals surface area contributed by atoms with Crippen LogP contribution in [0.3, 0.4) is 0 Å². The van der Waals surface area contributed by atoms with Gasteiger partial charge in [-0.1, -0.05) is 6.07 Å². The number of halogens is 2. The minimum Gasteiger partial charge on any atom is -0.494 e. The Morgan fingerprint density at radius 3 is 2.61 bits per heavy atom. The van der Waals surface area contributed by atoms with E-state index in [2.05, 4.69) is 39.4 Å². The first kappa shape index (κ1) is 13.8. The lowest BCUT2D eigenvalue weighted by molar-refractivity contribution is 0.386. The van der Waals surface area contributed by atoms with Crippen molar-refractivity contribution in [1.29, 1.82) is 0 Å². The number of thiophene rings is 1. The summed E-state index contributed by atoms with van der Waals surface area (Å²) < 4.78 is 19.9. The van der Waals surface area contributed by atoms with Crippen molar-refractivity contribution < 1.29 is 9.13 Å². The van der Waals surface area contributed by atoms with Crippen LogP contribution in [0.4, 0.5) is 4.39 Å². The SMILES string of the molecule is CNC(c1csc(I)c1)c1ccc(OC)c(F)c1. The van der Waals surface area contributed by atoms with Crippen LogP contribution >= 0.6 is 33.9 Å². The smallest absolute Gasteiger partial charge is 0.165 e. The van der Waals surface area contributed by atoms with E-state index in [0.29, 0.717) is 0 Å². The second-order valence-corrected chi connectivity index (χ2v) is 6.61. The van der Waals surface area contributed by atoms with Gasteiger partial charge < -0.3 is 10.1 Å². The van der Waals surface area contributed by atoms with E-state index in [1.165, 1.54) is 16.1 Å². The molecule has 1 heterocycles. The molecule has 1 N–H and O–H groups in total. The molecule has 0 fully saturated rings. The fourth-order valence-corrected chi connectivity index (χ4v) is 3.26.